The molecule has 0 saturated carbocycles. The van der Waals surface area contributed by atoms with Crippen molar-refractivity contribution in [3.05, 3.63) is 70.0 Å². The molecular formula is C23H25N3O5S2. The molecule has 1 fully saturated rings. The largest absolute Gasteiger partial charge is 0.453 e. The van der Waals surface area contributed by atoms with Crippen molar-refractivity contribution in [3.8, 4) is 0 Å². The van der Waals surface area contributed by atoms with Crippen molar-refractivity contribution in [2.45, 2.75) is 32.9 Å². The number of hydrogen-bond donors (Lipinski definition) is 1. The minimum absolute atomic E-state index is 0.0798. The molecular weight excluding hydrogens is 462 g/mol. The Hall–Kier alpha value is -2.98. The Kier molecular flexibility index (Phi) is 6.66. The molecule has 1 aliphatic rings. The van der Waals surface area contributed by atoms with Gasteiger partial charge in [0.1, 0.15) is 0 Å². The zero-order chi connectivity index (χ0) is 23.6. The number of rotatable bonds is 8. The number of aryl methyl sites for hydroxylation is 1. The van der Waals surface area contributed by atoms with Gasteiger partial charge in [-0.3, -0.25) is 4.79 Å². The number of carbonyl (C=O) groups is 2. The number of ether oxygens (including phenoxy) is 1. The van der Waals surface area contributed by atoms with E-state index in [1.54, 1.807) is 18.4 Å². The molecule has 10 heteroatoms. The summed E-state index contributed by atoms with van der Waals surface area (Å²) in [6.45, 7) is 3.81. The van der Waals surface area contributed by atoms with Crippen LogP contribution in [-0.4, -0.2) is 47.8 Å². The fourth-order valence-corrected chi connectivity index (χ4v) is 6.48. The first-order valence-corrected chi connectivity index (χ1v) is 13.3. The van der Waals surface area contributed by atoms with E-state index in [1.165, 1.54) is 11.3 Å². The van der Waals surface area contributed by atoms with Crippen molar-refractivity contribution in [1.29, 1.82) is 0 Å². The SMILES string of the molecule is Cc1cc(C(=O)COC(=O)c2csc(NCc3ccccc3)n2)c(C)n1[C@H]1CCS(=O)(=O)C1. The number of ketones is 1. The molecule has 1 aliphatic heterocycles. The highest BCUT2D eigenvalue weighted by atomic mass is 32.2. The summed E-state index contributed by atoms with van der Waals surface area (Å²) >= 11 is 1.29. The number of thiazole rings is 1. The molecule has 1 aromatic carbocycles. The molecule has 0 radical (unpaired) electrons. The average Bonchev–Trinajstić information content (AvgIpc) is 3.48. The lowest BCUT2D eigenvalue weighted by Crippen LogP contribution is -2.17. The molecule has 1 N–H and O–H groups in total. The second kappa shape index (κ2) is 9.48. The van der Waals surface area contributed by atoms with Gasteiger partial charge in [0, 0.05) is 34.9 Å². The van der Waals surface area contributed by atoms with E-state index >= 15 is 0 Å². The maximum Gasteiger partial charge on any atom is 0.358 e. The minimum atomic E-state index is -3.04. The topological polar surface area (TPSA) is 107 Å². The number of Topliss-reactive ketones (excluding diaryl/α,β-unsaturated/α-hetero) is 1. The van der Waals surface area contributed by atoms with Crippen molar-refractivity contribution in [2.24, 2.45) is 0 Å². The molecule has 4 rings (SSSR count). The van der Waals surface area contributed by atoms with Gasteiger partial charge in [0.15, 0.2) is 27.3 Å². The van der Waals surface area contributed by atoms with Crippen molar-refractivity contribution >= 4 is 38.1 Å². The summed E-state index contributed by atoms with van der Waals surface area (Å²) in [5.74, 6) is -0.758. The van der Waals surface area contributed by atoms with E-state index in [0.717, 1.165) is 11.3 Å². The van der Waals surface area contributed by atoms with Crippen LogP contribution in [-0.2, 0) is 21.1 Å². The van der Waals surface area contributed by atoms with Crippen LogP contribution < -0.4 is 5.32 Å². The average molecular weight is 488 g/mol. The highest BCUT2D eigenvalue weighted by molar-refractivity contribution is 7.91. The first-order valence-electron chi connectivity index (χ1n) is 10.6. The molecule has 3 heterocycles. The van der Waals surface area contributed by atoms with Gasteiger partial charge in [-0.25, -0.2) is 18.2 Å². The van der Waals surface area contributed by atoms with E-state index < -0.39 is 22.4 Å². The summed E-state index contributed by atoms with van der Waals surface area (Å²) in [4.78, 5) is 29.3. The second-order valence-corrected chi connectivity index (χ2v) is 11.2. The van der Waals surface area contributed by atoms with Crippen LogP contribution in [0.4, 0.5) is 5.13 Å². The molecule has 3 aromatic rings. The third kappa shape index (κ3) is 5.33. The van der Waals surface area contributed by atoms with Crippen LogP contribution in [0.25, 0.3) is 0 Å². The van der Waals surface area contributed by atoms with Crippen LogP contribution in [0.1, 0.15) is 50.3 Å². The molecule has 8 nitrogen and oxygen atoms in total. The predicted molar refractivity (Wildman–Crippen MR) is 127 cm³/mol. The lowest BCUT2D eigenvalue weighted by Gasteiger charge is -2.16. The van der Waals surface area contributed by atoms with Gasteiger partial charge in [0.05, 0.1) is 11.5 Å². The quantitative estimate of drug-likeness (QED) is 0.382. The zero-order valence-electron chi connectivity index (χ0n) is 18.4. The maximum atomic E-state index is 12.7. The van der Waals surface area contributed by atoms with E-state index in [1.807, 2.05) is 41.8 Å². The zero-order valence-corrected chi connectivity index (χ0v) is 20.0. The van der Waals surface area contributed by atoms with Gasteiger partial charge in [-0.1, -0.05) is 30.3 Å². The van der Waals surface area contributed by atoms with Crippen LogP contribution in [0.5, 0.6) is 0 Å². The Morgan fingerprint density at radius 1 is 1.24 bits per heavy atom. The number of benzene rings is 1. The number of carbonyl (C=O) groups excluding carboxylic acids is 2. The monoisotopic (exact) mass is 487 g/mol. The molecule has 2 aromatic heterocycles. The van der Waals surface area contributed by atoms with Gasteiger partial charge in [-0.2, -0.15) is 0 Å². The van der Waals surface area contributed by atoms with E-state index in [4.69, 9.17) is 4.74 Å². The van der Waals surface area contributed by atoms with E-state index in [0.29, 0.717) is 29.4 Å². The number of sulfone groups is 1. The molecule has 33 heavy (non-hydrogen) atoms. The van der Waals surface area contributed by atoms with Crippen molar-refractivity contribution < 1.29 is 22.7 Å². The number of esters is 1. The van der Waals surface area contributed by atoms with Crippen molar-refractivity contribution in [2.75, 3.05) is 23.4 Å². The molecule has 174 valence electrons. The summed E-state index contributed by atoms with van der Waals surface area (Å²) < 4.78 is 30.8. The van der Waals surface area contributed by atoms with Gasteiger partial charge < -0.3 is 14.6 Å². The van der Waals surface area contributed by atoms with Gasteiger partial charge in [-0.15, -0.1) is 11.3 Å². The highest BCUT2D eigenvalue weighted by Gasteiger charge is 2.31. The van der Waals surface area contributed by atoms with Gasteiger partial charge in [0.25, 0.3) is 0 Å². The summed E-state index contributed by atoms with van der Waals surface area (Å²) in [5, 5.41) is 5.34. The standard InChI is InChI=1S/C23H25N3O5S2/c1-15-10-19(16(2)26(15)18-8-9-33(29,30)14-18)21(27)12-31-22(28)20-13-32-23(25-20)24-11-17-6-4-3-5-7-17/h3-7,10,13,18H,8-9,11-12,14H2,1-2H3,(H,24,25)/t18-/m0/s1. The summed E-state index contributed by atoms with van der Waals surface area (Å²) in [7, 11) is -3.04. The Morgan fingerprint density at radius 3 is 2.70 bits per heavy atom. The normalized spacial score (nSPS) is 17.1. The lowest BCUT2D eigenvalue weighted by molar-refractivity contribution is 0.0469. The first-order chi connectivity index (χ1) is 15.7. The second-order valence-electron chi connectivity index (χ2n) is 8.09. The molecule has 0 spiro atoms. The maximum absolute atomic E-state index is 12.7. The predicted octanol–water partition coefficient (Wildman–Crippen LogP) is 3.57. The highest BCUT2D eigenvalue weighted by Crippen LogP contribution is 2.29. The molecule has 0 amide bonds. The van der Waals surface area contributed by atoms with Gasteiger partial charge >= 0.3 is 5.97 Å². The number of hydrogen-bond acceptors (Lipinski definition) is 8. The summed E-state index contributed by atoms with van der Waals surface area (Å²) in [6, 6.07) is 11.4. The molecule has 1 saturated heterocycles. The third-order valence-corrected chi connectivity index (χ3v) is 8.24. The molecule has 0 bridgehead atoms. The van der Waals surface area contributed by atoms with Crippen molar-refractivity contribution in [1.82, 2.24) is 9.55 Å². The molecule has 0 unspecified atom stereocenters. The Morgan fingerprint density at radius 2 is 2.00 bits per heavy atom. The number of nitrogens with zero attached hydrogens (tertiary/aromatic N) is 2. The van der Waals surface area contributed by atoms with Gasteiger partial charge in [-0.05, 0) is 31.9 Å². The first kappa shape index (κ1) is 23.2. The Balaban J connectivity index is 1.35. The van der Waals surface area contributed by atoms with Gasteiger partial charge in [0.2, 0.25) is 5.78 Å². The summed E-state index contributed by atoms with van der Waals surface area (Å²) in [5.41, 5.74) is 3.18. The number of aromatic nitrogens is 2. The Bertz CT molecular complexity index is 1280. The fraction of sp³-hybridized carbons (Fsp3) is 0.348. The van der Waals surface area contributed by atoms with Crippen LogP contribution in [0.3, 0.4) is 0 Å². The lowest BCUT2D eigenvalue weighted by atomic mass is 10.1. The minimum Gasteiger partial charge on any atom is -0.453 e. The fourth-order valence-electron chi connectivity index (χ4n) is 4.11. The summed E-state index contributed by atoms with van der Waals surface area (Å²) in [6.07, 6.45) is 0.534. The van der Waals surface area contributed by atoms with Crippen LogP contribution in [0.15, 0.2) is 41.8 Å². The van der Waals surface area contributed by atoms with Crippen molar-refractivity contribution in [3.63, 3.8) is 0 Å². The third-order valence-electron chi connectivity index (χ3n) is 5.69. The van der Waals surface area contributed by atoms with E-state index in [9.17, 15) is 18.0 Å². The molecule has 1 atom stereocenters. The van der Waals surface area contributed by atoms with E-state index in [2.05, 4.69) is 10.3 Å². The van der Waals surface area contributed by atoms with Crippen LogP contribution in [0.2, 0.25) is 0 Å². The van der Waals surface area contributed by atoms with Crippen LogP contribution >= 0.6 is 11.3 Å². The number of anilines is 1. The molecule has 0 aliphatic carbocycles. The number of nitrogens with one attached hydrogen (secondary N) is 1. The smallest absolute Gasteiger partial charge is 0.358 e. The van der Waals surface area contributed by atoms with E-state index in [-0.39, 0.29) is 29.0 Å². The van der Waals surface area contributed by atoms with Crippen LogP contribution in [0, 0.1) is 13.8 Å². The Labute approximate surface area is 196 Å².